The number of phenols is 1. The number of carboxylic acid groups (broad SMARTS) is 1. The summed E-state index contributed by atoms with van der Waals surface area (Å²) in [6, 6.07) is 6.41. The van der Waals surface area contributed by atoms with Gasteiger partial charge in [0.1, 0.15) is 18.1 Å². The molecule has 6 heteroatoms. The Morgan fingerprint density at radius 1 is 0.914 bits per heavy atom. The highest BCUT2D eigenvalue weighted by Gasteiger charge is 2.21. The zero-order chi connectivity index (χ0) is 25.7. The summed E-state index contributed by atoms with van der Waals surface area (Å²) in [7, 11) is 0. The van der Waals surface area contributed by atoms with Gasteiger partial charge in [0.15, 0.2) is 0 Å². The Hall–Kier alpha value is -1.56. The number of benzene rings is 1. The van der Waals surface area contributed by atoms with Gasteiger partial charge in [-0.1, -0.05) is 104 Å². The molecule has 0 spiro atoms. The minimum atomic E-state index is -0.976. The molecule has 2 unspecified atom stereocenters. The predicted molar refractivity (Wildman–Crippen MR) is 149 cm³/mol. The lowest BCUT2D eigenvalue weighted by Crippen LogP contribution is -2.39. The maximum Gasteiger partial charge on any atom is 0.408 e. The van der Waals surface area contributed by atoms with E-state index in [-0.39, 0.29) is 24.3 Å². The van der Waals surface area contributed by atoms with E-state index in [2.05, 4.69) is 20.8 Å². The first kappa shape index (κ1) is 31.5. The lowest BCUT2D eigenvalue weighted by atomic mass is 10.0. The molecule has 1 amide bonds. The smallest absolute Gasteiger partial charge is 0.408 e. The van der Waals surface area contributed by atoms with Crippen LogP contribution in [0.15, 0.2) is 24.3 Å². The quantitative estimate of drug-likeness (QED) is 0.121. The third-order valence-electron chi connectivity index (χ3n) is 6.38. The molecule has 35 heavy (non-hydrogen) atoms. The molecule has 1 aromatic rings. The standard InChI is InChI=1S/C29H50NO4S/c1-4-5-6-7-8-9-10-11-12-13-14-15-16-17-18-25(2)35-26(3)30(29(32)33)23-24-34-28-21-19-27(31)20-22-28/h19-22,25-26,31H,3-18,23-24H2,1-2H3,(H,32,33). The Balaban J connectivity index is 2.05. The summed E-state index contributed by atoms with van der Waals surface area (Å²) in [5.41, 5.74) is 0. The van der Waals surface area contributed by atoms with Crippen LogP contribution in [0.3, 0.4) is 0 Å². The van der Waals surface area contributed by atoms with Gasteiger partial charge in [-0.15, -0.1) is 11.8 Å². The predicted octanol–water partition coefficient (Wildman–Crippen LogP) is 8.90. The van der Waals surface area contributed by atoms with Gasteiger partial charge < -0.3 is 14.9 Å². The largest absolute Gasteiger partial charge is 0.508 e. The van der Waals surface area contributed by atoms with Crippen LogP contribution in [0.2, 0.25) is 0 Å². The molecule has 2 atom stereocenters. The third kappa shape index (κ3) is 16.7. The number of unbranched alkanes of at least 4 members (excludes halogenated alkanes) is 13. The number of phenolic OH excluding ortho intramolecular Hbond substituents is 1. The van der Waals surface area contributed by atoms with Gasteiger partial charge in [0.25, 0.3) is 0 Å². The zero-order valence-electron chi connectivity index (χ0n) is 22.3. The van der Waals surface area contributed by atoms with Crippen molar-refractivity contribution >= 4 is 17.9 Å². The Morgan fingerprint density at radius 3 is 1.89 bits per heavy atom. The molecule has 0 bridgehead atoms. The fraction of sp³-hybridized carbons (Fsp3) is 0.724. The Morgan fingerprint density at radius 2 is 1.40 bits per heavy atom. The van der Waals surface area contributed by atoms with Crippen LogP contribution in [-0.2, 0) is 0 Å². The molecule has 2 N–H and O–H groups in total. The highest BCUT2D eigenvalue weighted by molar-refractivity contribution is 8.00. The van der Waals surface area contributed by atoms with Crippen LogP contribution in [0.4, 0.5) is 4.79 Å². The number of thioether (sulfide) groups is 1. The average molecular weight is 509 g/mol. The molecule has 0 aromatic heterocycles. The highest BCUT2D eigenvalue weighted by atomic mass is 32.2. The van der Waals surface area contributed by atoms with Crippen LogP contribution in [-0.4, -0.2) is 45.0 Å². The topological polar surface area (TPSA) is 70.0 Å². The first-order chi connectivity index (χ1) is 16.9. The van der Waals surface area contributed by atoms with Gasteiger partial charge in [0.2, 0.25) is 0 Å². The molecule has 0 saturated heterocycles. The van der Waals surface area contributed by atoms with Crippen molar-refractivity contribution in [3.63, 3.8) is 0 Å². The maximum atomic E-state index is 11.7. The fourth-order valence-corrected chi connectivity index (χ4v) is 5.38. The van der Waals surface area contributed by atoms with Gasteiger partial charge >= 0.3 is 6.09 Å². The van der Waals surface area contributed by atoms with Crippen molar-refractivity contribution in [1.82, 2.24) is 4.90 Å². The summed E-state index contributed by atoms with van der Waals surface area (Å²) in [4.78, 5) is 13.0. The first-order valence-electron chi connectivity index (χ1n) is 13.8. The first-order valence-corrected chi connectivity index (χ1v) is 14.8. The number of hydrogen-bond acceptors (Lipinski definition) is 4. The summed E-state index contributed by atoms with van der Waals surface area (Å²) < 4.78 is 5.60. The molecular weight excluding hydrogens is 458 g/mol. The fourth-order valence-electron chi connectivity index (χ4n) is 4.20. The second-order valence-electron chi connectivity index (χ2n) is 9.60. The van der Waals surface area contributed by atoms with E-state index < -0.39 is 6.09 Å². The summed E-state index contributed by atoms with van der Waals surface area (Å²) in [6.45, 7) is 9.01. The van der Waals surface area contributed by atoms with Crippen LogP contribution in [0.5, 0.6) is 11.5 Å². The monoisotopic (exact) mass is 508 g/mol. The van der Waals surface area contributed by atoms with E-state index in [0.29, 0.717) is 11.0 Å². The molecule has 0 aliphatic carbocycles. The lowest BCUT2D eigenvalue weighted by molar-refractivity contribution is 0.136. The summed E-state index contributed by atoms with van der Waals surface area (Å²) in [6.07, 6.45) is 19.1. The van der Waals surface area contributed by atoms with Crippen molar-refractivity contribution in [2.24, 2.45) is 0 Å². The van der Waals surface area contributed by atoms with Crippen molar-refractivity contribution in [2.45, 2.75) is 121 Å². The Bertz CT molecular complexity index is 640. The van der Waals surface area contributed by atoms with E-state index in [1.807, 2.05) is 0 Å². The lowest BCUT2D eigenvalue weighted by Gasteiger charge is -2.28. The van der Waals surface area contributed by atoms with E-state index >= 15 is 0 Å². The minimum Gasteiger partial charge on any atom is -0.508 e. The van der Waals surface area contributed by atoms with Crippen LogP contribution in [0.25, 0.3) is 0 Å². The molecule has 1 aromatic carbocycles. The van der Waals surface area contributed by atoms with Crippen molar-refractivity contribution < 1.29 is 19.7 Å². The van der Waals surface area contributed by atoms with Gasteiger partial charge in [-0.25, -0.2) is 4.79 Å². The summed E-state index contributed by atoms with van der Waals surface area (Å²) in [5, 5.41) is 18.9. The van der Waals surface area contributed by atoms with E-state index in [0.717, 1.165) is 6.42 Å². The van der Waals surface area contributed by atoms with Gasteiger partial charge in [0, 0.05) is 5.25 Å². The Kier molecular flexibility index (Phi) is 18.5. The minimum absolute atomic E-state index is 0.173. The number of ether oxygens (including phenoxy) is 1. The highest BCUT2D eigenvalue weighted by Crippen LogP contribution is 2.25. The molecule has 0 aliphatic heterocycles. The number of carbonyl (C=O) groups is 1. The molecule has 1 radical (unpaired) electrons. The molecule has 1 rings (SSSR count). The zero-order valence-corrected chi connectivity index (χ0v) is 23.1. The molecular formula is C29H50NO4S. The normalized spacial score (nSPS) is 12.9. The van der Waals surface area contributed by atoms with Crippen molar-refractivity contribution in [3.05, 3.63) is 31.2 Å². The summed E-state index contributed by atoms with van der Waals surface area (Å²) in [5.74, 6) is 0.777. The number of rotatable bonds is 22. The molecule has 0 fully saturated rings. The van der Waals surface area contributed by atoms with Crippen LogP contribution >= 0.6 is 11.8 Å². The molecule has 201 valence electrons. The molecule has 0 aliphatic rings. The van der Waals surface area contributed by atoms with Crippen LogP contribution in [0, 0.1) is 6.92 Å². The number of nitrogens with zero attached hydrogens (tertiary/aromatic N) is 1. The molecule has 0 saturated carbocycles. The number of hydrogen-bond donors (Lipinski definition) is 2. The average Bonchev–Trinajstić information content (AvgIpc) is 2.82. The van der Waals surface area contributed by atoms with Gasteiger partial charge in [-0.2, -0.15) is 0 Å². The van der Waals surface area contributed by atoms with Gasteiger partial charge in [-0.3, -0.25) is 4.90 Å². The molecule has 0 heterocycles. The Labute approximate surface area is 219 Å². The SMILES string of the molecule is [CH2]C(SC(C)CCCCCCCCCCCCCCCC)N(CCOc1ccc(O)cc1)C(=O)O. The third-order valence-corrected chi connectivity index (χ3v) is 7.65. The van der Waals surface area contributed by atoms with Crippen LogP contribution < -0.4 is 4.74 Å². The molecule has 5 nitrogen and oxygen atoms in total. The van der Waals surface area contributed by atoms with E-state index in [1.165, 1.54) is 94.8 Å². The van der Waals surface area contributed by atoms with Crippen molar-refractivity contribution in [3.8, 4) is 11.5 Å². The number of amides is 1. The van der Waals surface area contributed by atoms with E-state index in [4.69, 9.17) is 4.74 Å². The van der Waals surface area contributed by atoms with Crippen molar-refractivity contribution in [1.29, 1.82) is 0 Å². The van der Waals surface area contributed by atoms with Gasteiger partial charge in [0.05, 0.1) is 11.9 Å². The van der Waals surface area contributed by atoms with E-state index in [9.17, 15) is 15.0 Å². The van der Waals surface area contributed by atoms with Crippen molar-refractivity contribution in [2.75, 3.05) is 13.2 Å². The maximum absolute atomic E-state index is 11.7. The summed E-state index contributed by atoms with van der Waals surface area (Å²) >= 11 is 1.62. The van der Waals surface area contributed by atoms with Crippen LogP contribution in [0.1, 0.15) is 110 Å². The second-order valence-corrected chi connectivity index (χ2v) is 11.2. The second kappa shape index (κ2) is 20.6. The van der Waals surface area contributed by atoms with E-state index in [1.54, 1.807) is 36.0 Å². The number of aromatic hydroxyl groups is 1. The van der Waals surface area contributed by atoms with Gasteiger partial charge in [-0.05, 0) is 37.6 Å².